The average molecular weight is 575 g/mol. The molecule has 12 heteroatoms. The first kappa shape index (κ1) is 29.5. The second-order valence-corrected chi connectivity index (χ2v) is 9.52. The van der Waals surface area contributed by atoms with Crippen LogP contribution in [0.2, 0.25) is 0 Å². The van der Waals surface area contributed by atoms with Gasteiger partial charge in [-0.2, -0.15) is 26.3 Å². The van der Waals surface area contributed by atoms with Gasteiger partial charge < -0.3 is 4.90 Å². The lowest BCUT2D eigenvalue weighted by Crippen LogP contribution is -2.41. The Morgan fingerprint density at radius 3 is 2.12 bits per heavy atom. The molecular formula is C29H24F6N4O2. The number of carbonyl (C=O) groups excluding carboxylic acids is 2. The first-order valence-corrected chi connectivity index (χ1v) is 12.3. The van der Waals surface area contributed by atoms with Crippen LogP contribution in [0, 0.1) is 6.92 Å². The molecule has 1 atom stereocenters. The summed E-state index contributed by atoms with van der Waals surface area (Å²) < 4.78 is 80.5. The third kappa shape index (κ3) is 7.38. The van der Waals surface area contributed by atoms with E-state index in [1.165, 1.54) is 13.2 Å². The molecule has 0 aliphatic carbocycles. The van der Waals surface area contributed by atoms with Crippen LogP contribution in [0.25, 0.3) is 10.8 Å². The summed E-state index contributed by atoms with van der Waals surface area (Å²) in [6.45, 7) is 1.69. The highest BCUT2D eigenvalue weighted by atomic mass is 19.4. The van der Waals surface area contributed by atoms with Gasteiger partial charge in [-0.25, -0.2) is 9.97 Å². The maximum absolute atomic E-state index is 13.4. The fourth-order valence-corrected chi connectivity index (χ4v) is 4.33. The van der Waals surface area contributed by atoms with Crippen molar-refractivity contribution in [3.8, 4) is 0 Å². The molecule has 0 aliphatic rings. The molecule has 6 nitrogen and oxygen atoms in total. The van der Waals surface area contributed by atoms with Gasteiger partial charge in [0.15, 0.2) is 0 Å². The maximum Gasteiger partial charge on any atom is 0.416 e. The molecule has 0 saturated heterocycles. The van der Waals surface area contributed by atoms with Crippen LogP contribution in [0.5, 0.6) is 0 Å². The largest absolute Gasteiger partial charge is 0.416 e. The number of carbonyl (C=O) groups is 2. The van der Waals surface area contributed by atoms with Crippen LogP contribution in [0.15, 0.2) is 72.9 Å². The number of aromatic nitrogens is 2. The third-order valence-electron chi connectivity index (χ3n) is 6.45. The summed E-state index contributed by atoms with van der Waals surface area (Å²) in [6, 6.07) is 14.3. The van der Waals surface area contributed by atoms with E-state index < -0.39 is 46.9 Å². The molecule has 0 radical (unpaired) electrons. The fraction of sp³-hybridized carbons (Fsp3) is 0.241. The fourth-order valence-electron chi connectivity index (χ4n) is 4.33. The second kappa shape index (κ2) is 11.6. The summed E-state index contributed by atoms with van der Waals surface area (Å²) in [5.41, 5.74) is -2.73. The Morgan fingerprint density at radius 1 is 0.878 bits per heavy atom. The van der Waals surface area contributed by atoms with E-state index >= 15 is 0 Å². The molecule has 41 heavy (non-hydrogen) atoms. The van der Waals surface area contributed by atoms with Gasteiger partial charge in [-0.1, -0.05) is 42.5 Å². The molecule has 0 aliphatic heterocycles. The van der Waals surface area contributed by atoms with Crippen molar-refractivity contribution in [2.45, 2.75) is 38.2 Å². The number of hydrogen-bond donors (Lipinski definition) is 1. The number of aryl methyl sites for hydroxylation is 1. The van der Waals surface area contributed by atoms with Crippen molar-refractivity contribution in [2.75, 3.05) is 12.4 Å². The summed E-state index contributed by atoms with van der Waals surface area (Å²) in [5.74, 6) is -1.69. The molecule has 3 aromatic carbocycles. The Hall–Kier alpha value is -4.48. The first-order valence-electron chi connectivity index (χ1n) is 12.3. The molecule has 1 unspecified atom stereocenters. The van der Waals surface area contributed by atoms with Gasteiger partial charge >= 0.3 is 12.4 Å². The van der Waals surface area contributed by atoms with Crippen molar-refractivity contribution < 1.29 is 35.9 Å². The lowest BCUT2D eigenvalue weighted by molar-refractivity contribution is -0.143. The van der Waals surface area contributed by atoms with E-state index in [1.54, 1.807) is 19.1 Å². The molecule has 4 aromatic rings. The van der Waals surface area contributed by atoms with Crippen molar-refractivity contribution in [1.29, 1.82) is 0 Å². The molecule has 0 fully saturated rings. The lowest BCUT2D eigenvalue weighted by Gasteiger charge is -2.29. The number of nitrogens with one attached hydrogen (secondary N) is 1. The molecule has 0 spiro atoms. The summed E-state index contributed by atoms with van der Waals surface area (Å²) in [5, 5.41) is 4.34. The molecule has 4 rings (SSSR count). The summed E-state index contributed by atoms with van der Waals surface area (Å²) in [6.07, 6.45) is -9.05. The highest BCUT2D eigenvalue weighted by Crippen LogP contribution is 2.36. The second-order valence-electron chi connectivity index (χ2n) is 9.52. The molecule has 1 heterocycles. The van der Waals surface area contributed by atoms with Crippen molar-refractivity contribution >= 4 is 28.5 Å². The Morgan fingerprint density at radius 2 is 1.51 bits per heavy atom. The minimum atomic E-state index is -5.12. The van der Waals surface area contributed by atoms with Crippen molar-refractivity contribution in [2.24, 2.45) is 0 Å². The molecule has 1 N–H and O–H groups in total. The van der Waals surface area contributed by atoms with Crippen LogP contribution in [0.3, 0.4) is 0 Å². The molecular weight excluding hydrogens is 550 g/mol. The van der Waals surface area contributed by atoms with Gasteiger partial charge in [0.05, 0.1) is 11.1 Å². The zero-order valence-corrected chi connectivity index (χ0v) is 21.8. The molecule has 1 aromatic heterocycles. The van der Waals surface area contributed by atoms with E-state index in [9.17, 15) is 35.9 Å². The molecule has 0 bridgehead atoms. The highest BCUT2D eigenvalue weighted by Gasteiger charge is 2.38. The van der Waals surface area contributed by atoms with Crippen molar-refractivity contribution in [3.63, 3.8) is 0 Å². The van der Waals surface area contributed by atoms with Gasteiger partial charge in [0.2, 0.25) is 11.9 Å². The van der Waals surface area contributed by atoms with Gasteiger partial charge in [-0.3, -0.25) is 14.9 Å². The van der Waals surface area contributed by atoms with E-state index in [2.05, 4.69) is 15.3 Å². The van der Waals surface area contributed by atoms with Gasteiger partial charge in [0.1, 0.15) is 0 Å². The Bertz CT molecular complexity index is 1550. The standard InChI is InChI=1S/C29H24F6N4O2/c1-17-9-10-36-27(37-17)38-25(40)16-24(12-18-7-8-19-5-3-4-6-20(19)11-18)39(2)26(41)21-13-22(28(30,31)32)15-23(14-21)29(33,34)35/h3-11,13-15,24H,12,16H2,1-2H3,(H,36,37,38,40). The first-order chi connectivity index (χ1) is 19.2. The van der Waals surface area contributed by atoms with E-state index in [0.29, 0.717) is 23.4 Å². The number of rotatable bonds is 7. The number of halogens is 6. The van der Waals surface area contributed by atoms with Crippen LogP contribution in [0.4, 0.5) is 32.3 Å². The number of hydrogen-bond acceptors (Lipinski definition) is 4. The lowest BCUT2D eigenvalue weighted by atomic mass is 9.97. The minimum Gasteiger partial charge on any atom is -0.338 e. The van der Waals surface area contributed by atoms with Crippen molar-refractivity contribution in [1.82, 2.24) is 14.9 Å². The smallest absolute Gasteiger partial charge is 0.338 e. The Labute approximate surface area is 231 Å². The summed E-state index contributed by atoms with van der Waals surface area (Å²) in [7, 11) is 1.23. The monoisotopic (exact) mass is 574 g/mol. The van der Waals surface area contributed by atoms with Gasteiger partial charge in [0, 0.05) is 37.0 Å². The maximum atomic E-state index is 13.4. The Balaban J connectivity index is 1.68. The number of nitrogens with zero attached hydrogens (tertiary/aromatic N) is 3. The number of alkyl halides is 6. The predicted molar refractivity (Wildman–Crippen MR) is 140 cm³/mol. The normalized spacial score (nSPS) is 12.7. The van der Waals surface area contributed by atoms with Crippen LogP contribution in [-0.4, -0.2) is 39.8 Å². The average Bonchev–Trinajstić information content (AvgIpc) is 2.90. The molecule has 0 saturated carbocycles. The SMILES string of the molecule is Cc1ccnc(NC(=O)CC(Cc2ccc3ccccc3c2)N(C)C(=O)c2cc(C(F)(F)F)cc(C(F)(F)F)c2)n1. The number of anilines is 1. The van der Waals surface area contributed by atoms with Crippen LogP contribution in [-0.2, 0) is 23.6 Å². The predicted octanol–water partition coefficient (Wildman–Crippen LogP) is 6.69. The quantitative estimate of drug-likeness (QED) is 0.250. The van der Waals surface area contributed by atoms with Gasteiger partial charge in [-0.05, 0) is 53.9 Å². The third-order valence-corrected chi connectivity index (χ3v) is 6.45. The molecule has 214 valence electrons. The minimum absolute atomic E-state index is 0.0149. The Kier molecular flexibility index (Phi) is 8.32. The number of likely N-dealkylation sites (N-methyl/N-ethyl adjacent to an activating group) is 1. The number of fused-ring (bicyclic) bond motifs is 1. The van der Waals surface area contributed by atoms with Crippen LogP contribution >= 0.6 is 0 Å². The van der Waals surface area contributed by atoms with E-state index in [4.69, 9.17) is 0 Å². The topological polar surface area (TPSA) is 75.2 Å². The van der Waals surface area contributed by atoms with E-state index in [1.807, 2.05) is 36.4 Å². The number of benzene rings is 3. The van der Waals surface area contributed by atoms with Gasteiger partial charge in [0.25, 0.3) is 5.91 Å². The van der Waals surface area contributed by atoms with E-state index in [-0.39, 0.29) is 24.9 Å². The van der Waals surface area contributed by atoms with Crippen LogP contribution in [0.1, 0.15) is 39.2 Å². The highest BCUT2D eigenvalue weighted by molar-refractivity contribution is 5.96. The van der Waals surface area contributed by atoms with E-state index in [0.717, 1.165) is 15.7 Å². The van der Waals surface area contributed by atoms with Crippen molar-refractivity contribution in [3.05, 3.63) is 101 Å². The van der Waals surface area contributed by atoms with Gasteiger partial charge in [-0.15, -0.1) is 0 Å². The zero-order valence-electron chi connectivity index (χ0n) is 21.8. The molecule has 2 amide bonds. The summed E-state index contributed by atoms with van der Waals surface area (Å²) >= 11 is 0. The number of amides is 2. The van der Waals surface area contributed by atoms with Crippen LogP contribution < -0.4 is 5.32 Å². The zero-order chi connectivity index (χ0) is 29.9. The summed E-state index contributed by atoms with van der Waals surface area (Å²) in [4.78, 5) is 35.4.